The Morgan fingerprint density at radius 2 is 2.06 bits per heavy atom. The van der Waals surface area contributed by atoms with Gasteiger partial charge in [-0.3, -0.25) is 9.80 Å². The van der Waals surface area contributed by atoms with Crippen LogP contribution < -0.4 is 10.7 Å². The highest BCUT2D eigenvalue weighted by molar-refractivity contribution is 6.05. The lowest BCUT2D eigenvalue weighted by molar-refractivity contribution is 0.100. The molecule has 0 aliphatic carbocycles. The number of para-hydroxylation sites is 1. The van der Waals surface area contributed by atoms with E-state index in [0.717, 1.165) is 43.6 Å². The van der Waals surface area contributed by atoms with Crippen LogP contribution in [0.3, 0.4) is 0 Å². The number of nitrogens with zero attached hydrogens (tertiary/aromatic N) is 6. The van der Waals surface area contributed by atoms with Crippen molar-refractivity contribution in [3.8, 4) is 0 Å². The number of aryl methyl sites for hydroxylation is 1. The molecule has 0 spiro atoms. The van der Waals surface area contributed by atoms with E-state index < -0.39 is 11.7 Å². The highest BCUT2D eigenvalue weighted by atomic mass is 19.1. The van der Waals surface area contributed by atoms with Crippen LogP contribution in [0, 0.1) is 12.7 Å². The summed E-state index contributed by atoms with van der Waals surface area (Å²) in [7, 11) is 0. The third kappa shape index (κ3) is 3.38. The van der Waals surface area contributed by atoms with E-state index in [1.54, 1.807) is 33.7 Å². The van der Waals surface area contributed by atoms with E-state index >= 15 is 4.39 Å². The van der Waals surface area contributed by atoms with Gasteiger partial charge in [0.25, 0.3) is 5.91 Å². The van der Waals surface area contributed by atoms with Gasteiger partial charge in [-0.25, -0.2) is 9.37 Å². The van der Waals surface area contributed by atoms with Gasteiger partial charge in [-0.05, 0) is 32.4 Å². The lowest BCUT2D eigenvalue weighted by atomic mass is 10.0. The number of primary amides is 1. The second-order valence-electron chi connectivity index (χ2n) is 8.31. The van der Waals surface area contributed by atoms with Crippen molar-refractivity contribution in [1.82, 2.24) is 24.2 Å². The predicted octanol–water partition coefficient (Wildman–Crippen LogP) is 2.98. The molecule has 4 aromatic rings. The van der Waals surface area contributed by atoms with Crippen LogP contribution in [-0.2, 0) is 0 Å². The third-order valence-corrected chi connectivity index (χ3v) is 6.27. The van der Waals surface area contributed by atoms with E-state index in [1.807, 2.05) is 24.2 Å². The van der Waals surface area contributed by atoms with E-state index in [2.05, 4.69) is 21.9 Å². The highest BCUT2D eigenvalue weighted by Crippen LogP contribution is 2.29. The molecule has 8 nitrogen and oxygen atoms in total. The smallest absolute Gasteiger partial charge is 0.250 e. The zero-order valence-corrected chi connectivity index (χ0v) is 18.2. The van der Waals surface area contributed by atoms with Crippen LogP contribution in [0.15, 0.2) is 42.9 Å². The number of hydrogen-bond acceptors (Lipinski definition) is 5. The summed E-state index contributed by atoms with van der Waals surface area (Å²) in [5.74, 6) is -0.928. The van der Waals surface area contributed by atoms with Crippen molar-refractivity contribution >= 4 is 28.1 Å². The molecule has 0 radical (unpaired) electrons. The molecule has 32 heavy (non-hydrogen) atoms. The summed E-state index contributed by atoms with van der Waals surface area (Å²) in [6.45, 7) is 6.87. The molecule has 1 amide bonds. The van der Waals surface area contributed by atoms with E-state index in [-0.39, 0.29) is 11.7 Å². The fourth-order valence-electron chi connectivity index (χ4n) is 4.67. The molecule has 1 aliphatic heterocycles. The van der Waals surface area contributed by atoms with Gasteiger partial charge in [-0.15, -0.1) is 0 Å². The Hall–Kier alpha value is -3.46. The molecule has 166 valence electrons. The van der Waals surface area contributed by atoms with Crippen LogP contribution in [0.25, 0.3) is 16.6 Å². The highest BCUT2D eigenvalue weighted by Gasteiger charge is 2.29. The maximum absolute atomic E-state index is 15.0. The van der Waals surface area contributed by atoms with Gasteiger partial charge in [0.15, 0.2) is 11.5 Å². The molecule has 0 unspecified atom stereocenters. The van der Waals surface area contributed by atoms with Gasteiger partial charge in [-0.2, -0.15) is 9.89 Å². The first-order chi connectivity index (χ1) is 15.5. The van der Waals surface area contributed by atoms with Crippen LogP contribution in [-0.4, -0.2) is 55.8 Å². The summed E-state index contributed by atoms with van der Waals surface area (Å²) < 4.78 is 16.7. The molecule has 0 bridgehead atoms. The molecule has 2 N–H and O–H groups in total. The van der Waals surface area contributed by atoms with Crippen molar-refractivity contribution in [2.24, 2.45) is 5.73 Å². The summed E-state index contributed by atoms with van der Waals surface area (Å²) >= 11 is 0. The van der Waals surface area contributed by atoms with Gasteiger partial charge >= 0.3 is 0 Å². The lowest BCUT2D eigenvalue weighted by Gasteiger charge is -2.39. The number of imidazole rings is 1. The van der Waals surface area contributed by atoms with Crippen molar-refractivity contribution in [3.05, 3.63) is 59.9 Å². The van der Waals surface area contributed by atoms with Crippen LogP contribution in [0.2, 0.25) is 0 Å². The fourth-order valence-corrected chi connectivity index (χ4v) is 4.67. The van der Waals surface area contributed by atoms with Crippen molar-refractivity contribution in [2.45, 2.75) is 32.7 Å². The standard InChI is InChI=1S/C23H26FN7O/c1-3-28-9-7-17(8-10-28)30(18-11-20(24)23-27-15(2)13-29(23)14-18)31-21-16(12-26-31)5-4-6-19(21)22(25)32/h4-6,11-14,17H,3,7-10H2,1-2H3,(H2,25,32). The minimum Gasteiger partial charge on any atom is -0.366 e. The number of nitrogens with two attached hydrogens (primary N) is 1. The number of halogens is 1. The topological polar surface area (TPSA) is 84.7 Å². The summed E-state index contributed by atoms with van der Waals surface area (Å²) in [6.07, 6.45) is 7.15. The number of likely N-dealkylation sites (tertiary alicyclic amines) is 1. The van der Waals surface area contributed by atoms with Crippen LogP contribution in [0.1, 0.15) is 35.8 Å². The largest absolute Gasteiger partial charge is 0.366 e. The minimum absolute atomic E-state index is 0.0725. The minimum atomic E-state index is -0.523. The fraction of sp³-hybridized carbons (Fsp3) is 0.348. The van der Waals surface area contributed by atoms with Crippen LogP contribution in [0.5, 0.6) is 0 Å². The Bertz CT molecular complexity index is 1300. The number of benzene rings is 1. The molecule has 1 aliphatic rings. The SMILES string of the molecule is CCN1CCC(N(c2cc(F)c3nc(C)cn3c2)n2ncc3cccc(C(N)=O)c32)CC1. The normalized spacial score (nSPS) is 15.6. The van der Waals surface area contributed by atoms with Crippen molar-refractivity contribution < 1.29 is 9.18 Å². The van der Waals surface area contributed by atoms with E-state index in [4.69, 9.17) is 5.73 Å². The number of pyridine rings is 1. The number of carbonyl (C=O) groups is 1. The first-order valence-electron chi connectivity index (χ1n) is 10.9. The number of aromatic nitrogens is 4. The lowest BCUT2D eigenvalue weighted by Crippen LogP contribution is -2.48. The summed E-state index contributed by atoms with van der Waals surface area (Å²) in [5.41, 5.74) is 8.37. The number of fused-ring (bicyclic) bond motifs is 2. The van der Waals surface area contributed by atoms with Gasteiger partial charge in [0.1, 0.15) is 5.52 Å². The Morgan fingerprint density at radius 3 is 2.78 bits per heavy atom. The summed E-state index contributed by atoms with van der Waals surface area (Å²) in [5, 5.41) is 7.42. The zero-order chi connectivity index (χ0) is 22.4. The molecule has 4 heterocycles. The molecular weight excluding hydrogens is 409 g/mol. The number of rotatable bonds is 5. The molecule has 1 fully saturated rings. The molecule has 1 saturated heterocycles. The van der Waals surface area contributed by atoms with Crippen molar-refractivity contribution in [3.63, 3.8) is 0 Å². The number of amides is 1. The van der Waals surface area contributed by atoms with Gasteiger partial charge in [0.05, 0.1) is 29.2 Å². The maximum Gasteiger partial charge on any atom is 0.250 e. The summed E-state index contributed by atoms with van der Waals surface area (Å²) in [4.78, 5) is 20.6. The van der Waals surface area contributed by atoms with Gasteiger partial charge in [0.2, 0.25) is 0 Å². The van der Waals surface area contributed by atoms with Crippen LogP contribution >= 0.6 is 0 Å². The Balaban J connectivity index is 1.70. The monoisotopic (exact) mass is 435 g/mol. The zero-order valence-electron chi connectivity index (χ0n) is 18.2. The van der Waals surface area contributed by atoms with Gasteiger partial charge in [0, 0.05) is 36.9 Å². The van der Waals surface area contributed by atoms with E-state index in [1.165, 1.54) is 6.07 Å². The molecular formula is C23H26FN7O. The maximum atomic E-state index is 15.0. The first kappa shape index (κ1) is 20.4. The predicted molar refractivity (Wildman–Crippen MR) is 121 cm³/mol. The molecule has 0 saturated carbocycles. The average molecular weight is 436 g/mol. The Kier molecular flexibility index (Phi) is 5.05. The van der Waals surface area contributed by atoms with Gasteiger partial charge in [-0.1, -0.05) is 19.1 Å². The second-order valence-corrected chi connectivity index (χ2v) is 8.31. The van der Waals surface area contributed by atoms with E-state index in [0.29, 0.717) is 16.8 Å². The Morgan fingerprint density at radius 1 is 1.28 bits per heavy atom. The Labute approximate surface area is 185 Å². The first-order valence-corrected chi connectivity index (χ1v) is 10.9. The third-order valence-electron chi connectivity index (χ3n) is 6.27. The number of piperidine rings is 1. The van der Waals surface area contributed by atoms with E-state index in [9.17, 15) is 4.79 Å². The molecule has 0 atom stereocenters. The number of anilines is 1. The van der Waals surface area contributed by atoms with Crippen molar-refractivity contribution in [1.29, 1.82) is 0 Å². The van der Waals surface area contributed by atoms with Crippen molar-refractivity contribution in [2.75, 3.05) is 24.6 Å². The number of hydrogen-bond donors (Lipinski definition) is 1. The average Bonchev–Trinajstić information content (AvgIpc) is 3.38. The molecule has 3 aromatic heterocycles. The number of carbonyl (C=O) groups excluding carboxylic acids is 1. The van der Waals surface area contributed by atoms with Gasteiger partial charge < -0.3 is 15.0 Å². The van der Waals surface area contributed by atoms with Crippen LogP contribution in [0.4, 0.5) is 10.1 Å². The summed E-state index contributed by atoms with van der Waals surface area (Å²) in [6, 6.07) is 6.95. The molecule has 9 heteroatoms. The molecule has 5 rings (SSSR count). The quantitative estimate of drug-likeness (QED) is 0.521. The molecule has 1 aromatic carbocycles. The second kappa shape index (κ2) is 7.90.